The third-order valence-corrected chi connectivity index (χ3v) is 3.41. The van der Waals surface area contributed by atoms with E-state index in [1.54, 1.807) is 0 Å². The molecule has 1 aromatic rings. The smallest absolute Gasteiger partial charge is 0.225 e. The van der Waals surface area contributed by atoms with Crippen molar-refractivity contribution in [2.75, 3.05) is 13.2 Å². The molecule has 0 bridgehead atoms. The van der Waals surface area contributed by atoms with Crippen LogP contribution in [-0.4, -0.2) is 30.9 Å². The second kappa shape index (κ2) is 5.30. The Morgan fingerprint density at radius 1 is 1.25 bits per heavy atom. The van der Waals surface area contributed by atoms with Crippen molar-refractivity contribution in [2.45, 2.75) is 38.1 Å². The molecule has 0 amide bonds. The van der Waals surface area contributed by atoms with Gasteiger partial charge in [-0.25, -0.2) is 0 Å². The summed E-state index contributed by atoms with van der Waals surface area (Å²) in [5.74, 6) is -1.48. The SMILES string of the molecule is CC1(C)O[C@H]2C=CCO[C@@]2(COCc2ccccc2)O1. The maximum absolute atomic E-state index is 5.96. The maximum atomic E-state index is 5.96. The third-order valence-electron chi connectivity index (χ3n) is 3.41. The van der Waals surface area contributed by atoms with Crippen molar-refractivity contribution in [2.24, 2.45) is 0 Å². The van der Waals surface area contributed by atoms with Gasteiger partial charge in [0.05, 0.1) is 13.2 Å². The van der Waals surface area contributed by atoms with Crippen LogP contribution in [0.1, 0.15) is 19.4 Å². The molecular formula is C16H20O4. The summed E-state index contributed by atoms with van der Waals surface area (Å²) >= 11 is 0. The van der Waals surface area contributed by atoms with Gasteiger partial charge >= 0.3 is 0 Å². The van der Waals surface area contributed by atoms with E-state index in [1.807, 2.05) is 56.3 Å². The first-order valence-corrected chi connectivity index (χ1v) is 6.90. The average molecular weight is 276 g/mol. The summed E-state index contributed by atoms with van der Waals surface area (Å²) in [4.78, 5) is 0. The van der Waals surface area contributed by atoms with Gasteiger partial charge in [-0.05, 0) is 19.4 Å². The number of rotatable bonds is 4. The predicted molar refractivity (Wildman–Crippen MR) is 74.0 cm³/mol. The van der Waals surface area contributed by atoms with Crippen LogP contribution in [-0.2, 0) is 25.6 Å². The van der Waals surface area contributed by atoms with E-state index in [4.69, 9.17) is 18.9 Å². The van der Waals surface area contributed by atoms with Gasteiger partial charge in [-0.15, -0.1) is 0 Å². The van der Waals surface area contributed by atoms with E-state index >= 15 is 0 Å². The molecule has 0 aromatic heterocycles. The Bertz CT molecular complexity index is 483. The fraction of sp³-hybridized carbons (Fsp3) is 0.500. The van der Waals surface area contributed by atoms with Gasteiger partial charge in [0.1, 0.15) is 12.7 Å². The highest BCUT2D eigenvalue weighted by molar-refractivity contribution is 5.13. The third kappa shape index (κ3) is 2.79. The number of hydrogen-bond donors (Lipinski definition) is 0. The van der Waals surface area contributed by atoms with Crippen LogP contribution in [0.25, 0.3) is 0 Å². The lowest BCUT2D eigenvalue weighted by Gasteiger charge is -2.33. The van der Waals surface area contributed by atoms with Gasteiger partial charge in [-0.3, -0.25) is 0 Å². The Morgan fingerprint density at radius 3 is 2.85 bits per heavy atom. The van der Waals surface area contributed by atoms with Crippen molar-refractivity contribution in [3.8, 4) is 0 Å². The molecule has 0 saturated carbocycles. The number of ether oxygens (including phenoxy) is 4. The zero-order valence-electron chi connectivity index (χ0n) is 11.9. The first-order chi connectivity index (χ1) is 9.60. The van der Waals surface area contributed by atoms with Crippen LogP contribution >= 0.6 is 0 Å². The van der Waals surface area contributed by atoms with Crippen LogP contribution in [0.2, 0.25) is 0 Å². The van der Waals surface area contributed by atoms with E-state index in [-0.39, 0.29) is 6.10 Å². The normalized spacial score (nSPS) is 31.2. The Balaban J connectivity index is 1.64. The molecule has 0 unspecified atom stereocenters. The van der Waals surface area contributed by atoms with E-state index in [0.717, 1.165) is 5.56 Å². The summed E-state index contributed by atoms with van der Waals surface area (Å²) in [6, 6.07) is 10.1. The monoisotopic (exact) mass is 276 g/mol. The molecular weight excluding hydrogens is 256 g/mol. The average Bonchev–Trinajstić information content (AvgIpc) is 2.70. The molecule has 0 aliphatic carbocycles. The molecule has 1 fully saturated rings. The highest BCUT2D eigenvalue weighted by Crippen LogP contribution is 2.40. The summed E-state index contributed by atoms with van der Waals surface area (Å²) in [7, 11) is 0. The minimum absolute atomic E-state index is 0.220. The Hall–Kier alpha value is -1.20. The van der Waals surface area contributed by atoms with Crippen LogP contribution in [0.15, 0.2) is 42.5 Å². The number of benzene rings is 1. The molecule has 108 valence electrons. The molecule has 20 heavy (non-hydrogen) atoms. The second-order valence-corrected chi connectivity index (χ2v) is 5.57. The summed E-state index contributed by atoms with van der Waals surface area (Å²) in [5.41, 5.74) is 1.13. The van der Waals surface area contributed by atoms with Crippen molar-refractivity contribution in [1.82, 2.24) is 0 Å². The maximum Gasteiger partial charge on any atom is 0.225 e. The van der Waals surface area contributed by atoms with Crippen LogP contribution in [0.3, 0.4) is 0 Å². The van der Waals surface area contributed by atoms with Crippen molar-refractivity contribution in [3.63, 3.8) is 0 Å². The molecule has 4 nitrogen and oxygen atoms in total. The highest BCUT2D eigenvalue weighted by Gasteiger charge is 2.54. The first kappa shape index (κ1) is 13.8. The van der Waals surface area contributed by atoms with Crippen molar-refractivity contribution < 1.29 is 18.9 Å². The molecule has 2 aliphatic rings. The highest BCUT2D eigenvalue weighted by atomic mass is 16.8. The van der Waals surface area contributed by atoms with Gasteiger partial charge < -0.3 is 18.9 Å². The molecule has 2 aliphatic heterocycles. The molecule has 1 aromatic carbocycles. The Morgan fingerprint density at radius 2 is 2.05 bits per heavy atom. The quantitative estimate of drug-likeness (QED) is 0.792. The molecule has 1 saturated heterocycles. The molecule has 0 N–H and O–H groups in total. The van der Waals surface area contributed by atoms with Gasteiger partial charge in [0.15, 0.2) is 5.79 Å². The van der Waals surface area contributed by atoms with Crippen LogP contribution in [0, 0.1) is 0 Å². The van der Waals surface area contributed by atoms with Gasteiger partial charge in [0.25, 0.3) is 0 Å². The molecule has 0 radical (unpaired) electrons. The lowest BCUT2D eigenvalue weighted by Crippen LogP contribution is -2.48. The van der Waals surface area contributed by atoms with Crippen molar-refractivity contribution in [1.29, 1.82) is 0 Å². The van der Waals surface area contributed by atoms with Crippen LogP contribution in [0.5, 0.6) is 0 Å². The topological polar surface area (TPSA) is 36.9 Å². The minimum Gasteiger partial charge on any atom is -0.371 e. The van der Waals surface area contributed by atoms with E-state index in [0.29, 0.717) is 19.8 Å². The van der Waals surface area contributed by atoms with Crippen molar-refractivity contribution >= 4 is 0 Å². The number of fused-ring (bicyclic) bond motifs is 1. The molecule has 4 heteroatoms. The zero-order valence-corrected chi connectivity index (χ0v) is 11.9. The summed E-state index contributed by atoms with van der Waals surface area (Å²) < 4.78 is 23.4. The van der Waals surface area contributed by atoms with Crippen molar-refractivity contribution in [3.05, 3.63) is 48.0 Å². The number of hydrogen-bond acceptors (Lipinski definition) is 4. The minimum atomic E-state index is -0.826. The molecule has 2 atom stereocenters. The van der Waals surface area contributed by atoms with Gasteiger partial charge in [-0.1, -0.05) is 42.5 Å². The van der Waals surface area contributed by atoms with Gasteiger partial charge in [0, 0.05) is 0 Å². The van der Waals surface area contributed by atoms with Crippen LogP contribution < -0.4 is 0 Å². The Kier molecular flexibility index (Phi) is 3.65. The van der Waals surface area contributed by atoms with E-state index in [9.17, 15) is 0 Å². The van der Waals surface area contributed by atoms with E-state index < -0.39 is 11.6 Å². The standard InChI is InChI=1S/C16H20O4/c1-15(2)19-14-9-6-10-18-16(14,20-15)12-17-11-13-7-4-3-5-8-13/h3-9,14H,10-12H2,1-2H3/t14-,16-/m0/s1. The lowest BCUT2D eigenvalue weighted by atomic mass is 10.1. The first-order valence-electron chi connectivity index (χ1n) is 6.90. The molecule has 3 rings (SSSR count). The summed E-state index contributed by atoms with van der Waals surface area (Å²) in [6.45, 7) is 5.18. The summed E-state index contributed by atoms with van der Waals surface area (Å²) in [5, 5.41) is 0. The van der Waals surface area contributed by atoms with Crippen LogP contribution in [0.4, 0.5) is 0 Å². The zero-order chi connectivity index (χ0) is 14.1. The van der Waals surface area contributed by atoms with Gasteiger partial charge in [0.2, 0.25) is 5.79 Å². The second-order valence-electron chi connectivity index (χ2n) is 5.57. The summed E-state index contributed by atoms with van der Waals surface area (Å²) in [6.07, 6.45) is 3.72. The van der Waals surface area contributed by atoms with E-state index in [2.05, 4.69) is 0 Å². The lowest BCUT2D eigenvalue weighted by molar-refractivity contribution is -0.273. The van der Waals surface area contributed by atoms with E-state index in [1.165, 1.54) is 0 Å². The molecule has 2 heterocycles. The fourth-order valence-electron chi connectivity index (χ4n) is 2.60. The predicted octanol–water partition coefficient (Wildman–Crippen LogP) is 2.64. The fourth-order valence-corrected chi connectivity index (χ4v) is 2.60. The largest absolute Gasteiger partial charge is 0.371 e. The van der Waals surface area contributed by atoms with Gasteiger partial charge in [-0.2, -0.15) is 0 Å². The Labute approximate surface area is 119 Å². The molecule has 0 spiro atoms.